The van der Waals surface area contributed by atoms with Crippen molar-refractivity contribution in [1.29, 1.82) is 0 Å². The van der Waals surface area contributed by atoms with Gasteiger partial charge < -0.3 is 9.88 Å². The topological polar surface area (TPSA) is 46.0 Å². The number of benzene rings is 1. The minimum atomic E-state index is 0.379. The molecule has 2 unspecified atom stereocenters. The first-order chi connectivity index (χ1) is 15.3. The number of aryl methyl sites for hydroxylation is 2. The summed E-state index contributed by atoms with van der Waals surface area (Å²) in [4.78, 5) is 12.3. The molecule has 2 aliphatic rings. The van der Waals surface area contributed by atoms with Crippen LogP contribution in [0.15, 0.2) is 42.6 Å². The average Bonchev–Trinajstić information content (AvgIpc) is 3.16. The predicted molar refractivity (Wildman–Crippen MR) is 126 cm³/mol. The van der Waals surface area contributed by atoms with Crippen LogP contribution in [-0.2, 0) is 19.5 Å². The van der Waals surface area contributed by atoms with E-state index >= 15 is 0 Å². The maximum absolute atomic E-state index is 5.05. The molecule has 1 saturated heterocycles. The van der Waals surface area contributed by atoms with Gasteiger partial charge in [0.05, 0.1) is 29.3 Å². The normalized spacial score (nSPS) is 21.5. The summed E-state index contributed by atoms with van der Waals surface area (Å²) in [7, 11) is 2.24. The van der Waals surface area contributed by atoms with Gasteiger partial charge in [0.25, 0.3) is 0 Å². The largest absolute Gasteiger partial charge is 0.327 e. The molecule has 2 atom stereocenters. The van der Waals surface area contributed by atoms with Crippen molar-refractivity contribution in [3.63, 3.8) is 0 Å². The van der Waals surface area contributed by atoms with Crippen LogP contribution in [0.25, 0.3) is 11.0 Å². The highest BCUT2D eigenvalue weighted by molar-refractivity contribution is 5.75. The van der Waals surface area contributed by atoms with E-state index in [1.807, 2.05) is 6.20 Å². The minimum absolute atomic E-state index is 0.379. The number of para-hydroxylation sites is 2. The van der Waals surface area contributed by atoms with E-state index in [0.717, 1.165) is 25.0 Å². The molecule has 31 heavy (non-hydrogen) atoms. The Bertz CT molecular complexity index is 1000. The maximum atomic E-state index is 5.05. The minimum Gasteiger partial charge on any atom is -0.327 e. The zero-order chi connectivity index (χ0) is 21.0. The molecule has 1 aromatic carbocycles. The molecule has 164 valence electrons. The Morgan fingerprint density at radius 2 is 2.03 bits per heavy atom. The molecule has 0 spiro atoms. The summed E-state index contributed by atoms with van der Waals surface area (Å²) >= 11 is 0. The van der Waals surface area contributed by atoms with Gasteiger partial charge in [0.2, 0.25) is 0 Å². The molecule has 1 N–H and O–H groups in total. The Kier molecular flexibility index (Phi) is 6.32. The number of hydrogen-bond acceptors (Lipinski definition) is 4. The number of rotatable bonds is 7. The highest BCUT2D eigenvalue weighted by Gasteiger charge is 2.26. The van der Waals surface area contributed by atoms with Crippen LogP contribution in [0.2, 0.25) is 0 Å². The second kappa shape index (κ2) is 9.49. The Morgan fingerprint density at radius 3 is 2.94 bits per heavy atom. The zero-order valence-electron chi connectivity index (χ0n) is 18.8. The molecule has 1 fully saturated rings. The van der Waals surface area contributed by atoms with E-state index in [1.54, 1.807) is 0 Å². The molecule has 0 amide bonds. The lowest BCUT2D eigenvalue weighted by Crippen LogP contribution is -2.34. The smallest absolute Gasteiger partial charge is 0.124 e. The molecule has 1 aliphatic carbocycles. The van der Waals surface area contributed by atoms with E-state index in [1.165, 1.54) is 74.1 Å². The number of fused-ring (bicyclic) bond motifs is 2. The molecule has 0 bridgehead atoms. The highest BCUT2D eigenvalue weighted by atomic mass is 15.2. The summed E-state index contributed by atoms with van der Waals surface area (Å²) in [6.07, 6.45) is 12.0. The van der Waals surface area contributed by atoms with Gasteiger partial charge in [-0.15, -0.1) is 0 Å². The van der Waals surface area contributed by atoms with Crippen LogP contribution in [0.4, 0.5) is 0 Å². The molecule has 1 aliphatic heterocycles. The molecule has 2 aromatic heterocycles. The second-order valence-corrected chi connectivity index (χ2v) is 9.33. The van der Waals surface area contributed by atoms with Gasteiger partial charge in [-0.3, -0.25) is 9.88 Å². The standard InChI is InChI=1S/C26H35N5/c1-30(24-15-6-9-20-10-7-17-28-26(20)24)19-25-29-22-13-2-3-14-23(22)31(25)18-8-12-21-11-4-5-16-27-21/h2-3,7,10,13-14,17,21,24,27H,4-6,8-9,11-12,15-16,18-19H2,1H3. The second-order valence-electron chi connectivity index (χ2n) is 9.33. The van der Waals surface area contributed by atoms with E-state index in [2.05, 4.69) is 58.2 Å². The van der Waals surface area contributed by atoms with E-state index < -0.39 is 0 Å². The van der Waals surface area contributed by atoms with Crippen LogP contribution in [0.3, 0.4) is 0 Å². The van der Waals surface area contributed by atoms with Gasteiger partial charge in [-0.2, -0.15) is 0 Å². The Labute approximate surface area is 185 Å². The van der Waals surface area contributed by atoms with Crippen LogP contribution >= 0.6 is 0 Å². The quantitative estimate of drug-likeness (QED) is 0.596. The molecule has 3 heterocycles. The third-order valence-electron chi connectivity index (χ3n) is 7.17. The summed E-state index contributed by atoms with van der Waals surface area (Å²) in [5, 5.41) is 3.70. The highest BCUT2D eigenvalue weighted by Crippen LogP contribution is 2.33. The van der Waals surface area contributed by atoms with Gasteiger partial charge in [-0.1, -0.05) is 24.6 Å². The number of nitrogens with one attached hydrogen (secondary N) is 1. The lowest BCUT2D eigenvalue weighted by atomic mass is 9.91. The van der Waals surface area contributed by atoms with Crippen LogP contribution < -0.4 is 5.32 Å². The van der Waals surface area contributed by atoms with Crippen LogP contribution in [0.5, 0.6) is 0 Å². The molecule has 5 heteroatoms. The first-order valence-corrected chi connectivity index (χ1v) is 12.1. The Morgan fingerprint density at radius 1 is 1.10 bits per heavy atom. The van der Waals surface area contributed by atoms with E-state index in [-0.39, 0.29) is 0 Å². The fourth-order valence-corrected chi connectivity index (χ4v) is 5.51. The monoisotopic (exact) mass is 417 g/mol. The van der Waals surface area contributed by atoms with Crippen molar-refractivity contribution >= 4 is 11.0 Å². The van der Waals surface area contributed by atoms with Crippen molar-refractivity contribution in [3.05, 3.63) is 59.7 Å². The molecule has 0 saturated carbocycles. The van der Waals surface area contributed by atoms with Crippen molar-refractivity contribution in [2.45, 2.75) is 76.5 Å². The van der Waals surface area contributed by atoms with Crippen LogP contribution in [0, 0.1) is 0 Å². The number of aromatic nitrogens is 3. The Balaban J connectivity index is 1.34. The maximum Gasteiger partial charge on any atom is 0.124 e. The third-order valence-corrected chi connectivity index (χ3v) is 7.17. The first kappa shape index (κ1) is 20.7. The predicted octanol–water partition coefficient (Wildman–Crippen LogP) is 4.86. The van der Waals surface area contributed by atoms with Crippen LogP contribution in [-0.4, -0.2) is 39.1 Å². The molecule has 3 aromatic rings. The SMILES string of the molecule is CN(Cc1nc2ccccc2n1CCCC1CCCCN1)C1CCCc2cccnc21. The summed E-state index contributed by atoms with van der Waals surface area (Å²) in [6, 6.07) is 14.0. The van der Waals surface area contributed by atoms with Gasteiger partial charge >= 0.3 is 0 Å². The van der Waals surface area contributed by atoms with Crippen LogP contribution in [0.1, 0.15) is 68.1 Å². The van der Waals surface area contributed by atoms with Crippen molar-refractivity contribution in [2.24, 2.45) is 0 Å². The van der Waals surface area contributed by atoms with Crippen molar-refractivity contribution < 1.29 is 0 Å². The fourth-order valence-electron chi connectivity index (χ4n) is 5.51. The lowest BCUT2D eigenvalue weighted by molar-refractivity contribution is 0.201. The number of imidazole rings is 1. The molecular formula is C26H35N5. The molecular weight excluding hydrogens is 382 g/mol. The van der Waals surface area contributed by atoms with E-state index in [9.17, 15) is 0 Å². The number of hydrogen-bond donors (Lipinski definition) is 1. The number of pyridine rings is 1. The molecule has 0 radical (unpaired) electrons. The summed E-state index contributed by atoms with van der Waals surface area (Å²) in [5.74, 6) is 1.18. The van der Waals surface area contributed by atoms with Gasteiger partial charge in [0.1, 0.15) is 5.82 Å². The van der Waals surface area contributed by atoms with Gasteiger partial charge in [0, 0.05) is 18.8 Å². The third kappa shape index (κ3) is 4.53. The molecule has 5 nitrogen and oxygen atoms in total. The first-order valence-electron chi connectivity index (χ1n) is 12.1. The van der Waals surface area contributed by atoms with Crippen molar-refractivity contribution in [1.82, 2.24) is 24.8 Å². The van der Waals surface area contributed by atoms with E-state index in [0.29, 0.717) is 12.1 Å². The van der Waals surface area contributed by atoms with Gasteiger partial charge in [-0.05, 0) is 82.3 Å². The number of piperidine rings is 1. The van der Waals surface area contributed by atoms with Gasteiger partial charge in [-0.25, -0.2) is 4.98 Å². The van der Waals surface area contributed by atoms with Crippen molar-refractivity contribution in [2.75, 3.05) is 13.6 Å². The summed E-state index contributed by atoms with van der Waals surface area (Å²) in [5.41, 5.74) is 5.06. The number of nitrogens with zero attached hydrogens (tertiary/aromatic N) is 4. The fraction of sp³-hybridized carbons (Fsp3) is 0.538. The van der Waals surface area contributed by atoms with Crippen molar-refractivity contribution in [3.8, 4) is 0 Å². The van der Waals surface area contributed by atoms with E-state index in [4.69, 9.17) is 9.97 Å². The summed E-state index contributed by atoms with van der Waals surface area (Å²) < 4.78 is 2.47. The lowest BCUT2D eigenvalue weighted by Gasteiger charge is -2.32. The molecule has 5 rings (SSSR count). The summed E-state index contributed by atoms with van der Waals surface area (Å²) in [6.45, 7) is 3.09. The average molecular weight is 418 g/mol. The zero-order valence-corrected chi connectivity index (χ0v) is 18.8. The Hall–Kier alpha value is -2.24. The van der Waals surface area contributed by atoms with Gasteiger partial charge in [0.15, 0.2) is 0 Å².